The van der Waals surface area contributed by atoms with Crippen molar-refractivity contribution in [2.24, 2.45) is 17.8 Å². The third-order valence-corrected chi connectivity index (χ3v) is 4.65. The van der Waals surface area contributed by atoms with Crippen LogP contribution >= 0.6 is 0 Å². The van der Waals surface area contributed by atoms with Crippen LogP contribution < -0.4 is 5.32 Å². The van der Waals surface area contributed by atoms with E-state index in [0.29, 0.717) is 6.04 Å². The van der Waals surface area contributed by atoms with Gasteiger partial charge in [0.1, 0.15) is 0 Å². The predicted octanol–water partition coefficient (Wildman–Crippen LogP) is 4.23. The zero-order valence-corrected chi connectivity index (χ0v) is 11.9. The van der Waals surface area contributed by atoms with Crippen molar-refractivity contribution in [3.8, 4) is 0 Å². The van der Waals surface area contributed by atoms with Crippen LogP contribution in [-0.2, 0) is 0 Å². The highest BCUT2D eigenvalue weighted by molar-refractivity contribution is 4.85. The van der Waals surface area contributed by atoms with E-state index in [0.717, 1.165) is 23.8 Å². The van der Waals surface area contributed by atoms with Crippen molar-refractivity contribution in [1.29, 1.82) is 0 Å². The van der Waals surface area contributed by atoms with Crippen molar-refractivity contribution < 1.29 is 0 Å². The maximum absolute atomic E-state index is 3.90. The van der Waals surface area contributed by atoms with Crippen molar-refractivity contribution in [2.45, 2.75) is 78.8 Å². The molecule has 0 aromatic rings. The molecule has 1 fully saturated rings. The summed E-state index contributed by atoms with van der Waals surface area (Å²) < 4.78 is 0. The van der Waals surface area contributed by atoms with Crippen LogP contribution in [0, 0.1) is 17.8 Å². The van der Waals surface area contributed by atoms with Gasteiger partial charge in [-0.15, -0.1) is 0 Å². The van der Waals surface area contributed by atoms with Gasteiger partial charge >= 0.3 is 0 Å². The van der Waals surface area contributed by atoms with Gasteiger partial charge in [0.05, 0.1) is 0 Å². The minimum Gasteiger partial charge on any atom is -0.311 e. The van der Waals surface area contributed by atoms with Gasteiger partial charge in [0.25, 0.3) is 0 Å². The lowest BCUT2D eigenvalue weighted by molar-refractivity contribution is 0.181. The third kappa shape index (κ3) is 3.76. The van der Waals surface area contributed by atoms with E-state index in [4.69, 9.17) is 0 Å². The molecule has 4 atom stereocenters. The first-order chi connectivity index (χ1) is 7.56. The molecule has 0 aliphatic heterocycles. The Hall–Kier alpha value is -0.0400. The maximum Gasteiger partial charge on any atom is 0.0100 e. The number of hydrogen-bond acceptors (Lipinski definition) is 1. The molecule has 0 bridgehead atoms. The van der Waals surface area contributed by atoms with Crippen LogP contribution in [-0.4, -0.2) is 12.1 Å². The van der Waals surface area contributed by atoms with Gasteiger partial charge in [-0.05, 0) is 37.5 Å². The SMILES string of the molecule is CCC(C)C(C)NC1CCCCC1C(C)C. The van der Waals surface area contributed by atoms with Crippen LogP contribution in [0.25, 0.3) is 0 Å². The summed E-state index contributed by atoms with van der Waals surface area (Å²) in [6.45, 7) is 11.8. The molecule has 0 radical (unpaired) electrons. The van der Waals surface area contributed by atoms with E-state index < -0.39 is 0 Å². The first-order valence-corrected chi connectivity index (χ1v) is 7.32. The van der Waals surface area contributed by atoms with Crippen LogP contribution in [0.2, 0.25) is 0 Å². The van der Waals surface area contributed by atoms with Crippen LogP contribution in [0.4, 0.5) is 0 Å². The van der Waals surface area contributed by atoms with Gasteiger partial charge in [-0.2, -0.15) is 0 Å². The molecule has 96 valence electrons. The van der Waals surface area contributed by atoms with Crippen molar-refractivity contribution in [3.05, 3.63) is 0 Å². The van der Waals surface area contributed by atoms with Crippen LogP contribution in [0.1, 0.15) is 66.7 Å². The molecule has 0 aromatic heterocycles. The van der Waals surface area contributed by atoms with Gasteiger partial charge in [-0.1, -0.05) is 47.0 Å². The van der Waals surface area contributed by atoms with E-state index in [1.54, 1.807) is 0 Å². The second-order valence-electron chi connectivity index (χ2n) is 6.14. The summed E-state index contributed by atoms with van der Waals surface area (Å²) in [4.78, 5) is 0. The third-order valence-electron chi connectivity index (χ3n) is 4.65. The molecule has 0 spiro atoms. The lowest BCUT2D eigenvalue weighted by atomic mass is 9.77. The van der Waals surface area contributed by atoms with Gasteiger partial charge < -0.3 is 5.32 Å². The van der Waals surface area contributed by atoms with E-state index in [2.05, 4.69) is 39.9 Å². The number of rotatable bonds is 5. The number of hydrogen-bond donors (Lipinski definition) is 1. The molecule has 1 heteroatoms. The fraction of sp³-hybridized carbons (Fsp3) is 1.00. The van der Waals surface area contributed by atoms with Crippen molar-refractivity contribution >= 4 is 0 Å². The van der Waals surface area contributed by atoms with Gasteiger partial charge in [0.2, 0.25) is 0 Å². The van der Waals surface area contributed by atoms with E-state index in [-0.39, 0.29) is 0 Å². The summed E-state index contributed by atoms with van der Waals surface area (Å²) in [7, 11) is 0. The van der Waals surface area contributed by atoms with Crippen molar-refractivity contribution in [1.82, 2.24) is 5.32 Å². The molecule has 0 aromatic carbocycles. The minimum absolute atomic E-state index is 0.675. The summed E-state index contributed by atoms with van der Waals surface area (Å²) in [5.74, 6) is 2.54. The van der Waals surface area contributed by atoms with E-state index in [1.165, 1.54) is 32.1 Å². The molecule has 1 saturated carbocycles. The molecule has 0 amide bonds. The summed E-state index contributed by atoms with van der Waals surface area (Å²) in [5.41, 5.74) is 0. The Labute approximate surface area is 102 Å². The average molecular weight is 225 g/mol. The van der Waals surface area contributed by atoms with Gasteiger partial charge in [0, 0.05) is 12.1 Å². The van der Waals surface area contributed by atoms with Gasteiger partial charge in [0.15, 0.2) is 0 Å². The lowest BCUT2D eigenvalue weighted by Gasteiger charge is -2.38. The average Bonchev–Trinajstić information content (AvgIpc) is 2.28. The topological polar surface area (TPSA) is 12.0 Å². The Morgan fingerprint density at radius 1 is 1.06 bits per heavy atom. The Kier molecular flexibility index (Phi) is 5.82. The predicted molar refractivity (Wildman–Crippen MR) is 72.6 cm³/mol. The highest BCUT2D eigenvalue weighted by atomic mass is 15.0. The molecule has 0 saturated heterocycles. The second-order valence-corrected chi connectivity index (χ2v) is 6.14. The van der Waals surface area contributed by atoms with Crippen LogP contribution in [0.3, 0.4) is 0 Å². The van der Waals surface area contributed by atoms with Crippen LogP contribution in [0.15, 0.2) is 0 Å². The molecule has 4 unspecified atom stereocenters. The zero-order chi connectivity index (χ0) is 12.1. The molecule has 1 rings (SSSR count). The standard InChI is InChI=1S/C15H31N/c1-6-12(4)13(5)16-15-10-8-7-9-14(15)11(2)3/h11-16H,6-10H2,1-5H3. The Bertz CT molecular complexity index is 188. The molecule has 0 heterocycles. The van der Waals surface area contributed by atoms with E-state index in [1.807, 2.05) is 0 Å². The Morgan fingerprint density at radius 3 is 2.25 bits per heavy atom. The lowest BCUT2D eigenvalue weighted by Crippen LogP contribution is -2.47. The number of nitrogens with one attached hydrogen (secondary N) is 1. The molecule has 16 heavy (non-hydrogen) atoms. The monoisotopic (exact) mass is 225 g/mol. The highest BCUT2D eigenvalue weighted by Crippen LogP contribution is 2.30. The Morgan fingerprint density at radius 2 is 1.69 bits per heavy atom. The summed E-state index contributed by atoms with van der Waals surface area (Å²) in [5, 5.41) is 3.90. The molecular weight excluding hydrogens is 194 g/mol. The van der Waals surface area contributed by atoms with Gasteiger partial charge in [-0.25, -0.2) is 0 Å². The molecule has 1 nitrogen and oxygen atoms in total. The quantitative estimate of drug-likeness (QED) is 0.738. The molecule has 1 N–H and O–H groups in total. The van der Waals surface area contributed by atoms with E-state index >= 15 is 0 Å². The summed E-state index contributed by atoms with van der Waals surface area (Å²) in [6.07, 6.45) is 6.98. The smallest absolute Gasteiger partial charge is 0.0100 e. The minimum atomic E-state index is 0.675. The highest BCUT2D eigenvalue weighted by Gasteiger charge is 2.28. The van der Waals surface area contributed by atoms with Crippen molar-refractivity contribution in [2.75, 3.05) is 0 Å². The maximum atomic E-state index is 3.90. The van der Waals surface area contributed by atoms with Crippen molar-refractivity contribution in [3.63, 3.8) is 0 Å². The molecule has 1 aliphatic carbocycles. The largest absolute Gasteiger partial charge is 0.311 e. The van der Waals surface area contributed by atoms with Crippen LogP contribution in [0.5, 0.6) is 0 Å². The fourth-order valence-electron chi connectivity index (χ4n) is 3.02. The molecular formula is C15H31N. The fourth-order valence-corrected chi connectivity index (χ4v) is 3.02. The first kappa shape index (κ1) is 14.0. The van der Waals surface area contributed by atoms with E-state index in [9.17, 15) is 0 Å². The normalized spacial score (nSPS) is 30.4. The summed E-state index contributed by atoms with van der Waals surface area (Å²) >= 11 is 0. The molecule has 1 aliphatic rings. The zero-order valence-electron chi connectivity index (χ0n) is 11.9. The van der Waals surface area contributed by atoms with Gasteiger partial charge in [-0.3, -0.25) is 0 Å². The first-order valence-electron chi connectivity index (χ1n) is 7.32. The summed E-state index contributed by atoms with van der Waals surface area (Å²) in [6, 6.07) is 1.45. The second kappa shape index (κ2) is 6.64. The Balaban J connectivity index is 2.49.